The van der Waals surface area contributed by atoms with Gasteiger partial charge in [-0.05, 0) is 37.6 Å². The average molecular weight is 343 g/mol. The Morgan fingerprint density at radius 1 is 1.16 bits per heavy atom. The molecule has 0 atom stereocenters. The molecule has 3 rings (SSSR count). The zero-order valence-electron chi connectivity index (χ0n) is 13.7. The summed E-state index contributed by atoms with van der Waals surface area (Å²) in [4.78, 5) is 22.6. The van der Waals surface area contributed by atoms with Crippen LogP contribution in [0.1, 0.15) is 19.4 Å². The van der Waals surface area contributed by atoms with Gasteiger partial charge >= 0.3 is 6.03 Å². The molecule has 0 aliphatic carbocycles. The van der Waals surface area contributed by atoms with Crippen molar-refractivity contribution >= 4 is 17.4 Å². The molecule has 8 heteroatoms. The Hall–Kier alpha value is -3.29. The van der Waals surface area contributed by atoms with Gasteiger partial charge in [-0.25, -0.2) is 4.79 Å². The summed E-state index contributed by atoms with van der Waals surface area (Å²) >= 11 is 0. The van der Waals surface area contributed by atoms with Crippen LogP contribution in [0.4, 0.5) is 16.2 Å². The van der Waals surface area contributed by atoms with Crippen LogP contribution < -0.4 is 20.1 Å². The van der Waals surface area contributed by atoms with Crippen LogP contribution in [0.2, 0.25) is 0 Å². The lowest BCUT2D eigenvalue weighted by Gasteiger charge is -2.27. The maximum atomic E-state index is 12.3. The van der Waals surface area contributed by atoms with E-state index in [9.17, 15) is 14.9 Å². The summed E-state index contributed by atoms with van der Waals surface area (Å²) in [5.41, 5.74) is 0.401. The van der Waals surface area contributed by atoms with Crippen LogP contribution in [0.5, 0.6) is 11.5 Å². The summed E-state index contributed by atoms with van der Waals surface area (Å²) < 4.78 is 10.6. The Labute approximate surface area is 143 Å². The highest BCUT2D eigenvalue weighted by Crippen LogP contribution is 2.35. The van der Waals surface area contributed by atoms with E-state index < -0.39 is 16.5 Å². The zero-order chi connectivity index (χ0) is 18.0. The zero-order valence-corrected chi connectivity index (χ0v) is 13.7. The van der Waals surface area contributed by atoms with Gasteiger partial charge in [-0.2, -0.15) is 0 Å². The van der Waals surface area contributed by atoms with Gasteiger partial charge in [-0.1, -0.05) is 12.1 Å². The number of nitrogens with zero attached hydrogens (tertiary/aromatic N) is 1. The Morgan fingerprint density at radius 3 is 2.68 bits per heavy atom. The SMILES string of the molecule is CC(C)(NC(=O)Nc1cccc([N+](=O)[O-])c1)c1ccc2c(c1)OCO2. The summed E-state index contributed by atoms with van der Waals surface area (Å²) in [6.45, 7) is 3.87. The second kappa shape index (κ2) is 6.31. The fraction of sp³-hybridized carbons (Fsp3) is 0.235. The van der Waals surface area contributed by atoms with E-state index in [1.54, 1.807) is 12.1 Å². The number of nitro groups is 1. The van der Waals surface area contributed by atoms with Gasteiger partial charge in [0.1, 0.15) is 0 Å². The van der Waals surface area contributed by atoms with E-state index in [1.165, 1.54) is 18.2 Å². The molecule has 0 aromatic heterocycles. The maximum absolute atomic E-state index is 12.3. The van der Waals surface area contributed by atoms with E-state index in [4.69, 9.17) is 9.47 Å². The molecule has 2 N–H and O–H groups in total. The third-order valence-corrected chi connectivity index (χ3v) is 3.84. The summed E-state index contributed by atoms with van der Waals surface area (Å²) in [5.74, 6) is 1.30. The normalized spacial score (nSPS) is 12.6. The van der Waals surface area contributed by atoms with E-state index in [0.29, 0.717) is 17.2 Å². The van der Waals surface area contributed by atoms with E-state index in [1.807, 2.05) is 26.0 Å². The number of rotatable bonds is 4. The van der Waals surface area contributed by atoms with E-state index in [0.717, 1.165) is 5.56 Å². The molecule has 0 bridgehead atoms. The monoisotopic (exact) mass is 343 g/mol. The third-order valence-electron chi connectivity index (χ3n) is 3.84. The van der Waals surface area contributed by atoms with Gasteiger partial charge in [0.15, 0.2) is 11.5 Å². The highest BCUT2D eigenvalue weighted by Gasteiger charge is 2.26. The fourth-order valence-electron chi connectivity index (χ4n) is 2.50. The second-order valence-corrected chi connectivity index (χ2v) is 6.08. The van der Waals surface area contributed by atoms with Crippen molar-refractivity contribution in [2.75, 3.05) is 12.1 Å². The minimum atomic E-state index is -0.689. The predicted octanol–water partition coefficient (Wildman–Crippen LogP) is 3.38. The van der Waals surface area contributed by atoms with Crippen LogP contribution in [0.25, 0.3) is 0 Å². The molecule has 130 valence electrons. The van der Waals surface area contributed by atoms with Gasteiger partial charge < -0.3 is 20.1 Å². The van der Waals surface area contributed by atoms with E-state index in [2.05, 4.69) is 10.6 Å². The first kappa shape index (κ1) is 16.6. The maximum Gasteiger partial charge on any atom is 0.319 e. The second-order valence-electron chi connectivity index (χ2n) is 6.08. The summed E-state index contributed by atoms with van der Waals surface area (Å²) in [6.07, 6.45) is 0. The van der Waals surface area contributed by atoms with Crippen molar-refractivity contribution in [1.29, 1.82) is 0 Å². The van der Waals surface area contributed by atoms with Crippen molar-refractivity contribution in [2.45, 2.75) is 19.4 Å². The minimum absolute atomic E-state index is 0.0900. The van der Waals surface area contributed by atoms with Crippen LogP contribution in [0, 0.1) is 10.1 Å². The Kier molecular flexibility index (Phi) is 4.18. The number of carbonyl (C=O) groups excluding carboxylic acids is 1. The molecular formula is C17H17N3O5. The first-order chi connectivity index (χ1) is 11.8. The number of hydrogen-bond acceptors (Lipinski definition) is 5. The van der Waals surface area contributed by atoms with E-state index >= 15 is 0 Å². The highest BCUT2D eigenvalue weighted by molar-refractivity contribution is 5.90. The number of non-ortho nitro benzene ring substituents is 1. The van der Waals surface area contributed by atoms with Crippen molar-refractivity contribution in [1.82, 2.24) is 5.32 Å². The van der Waals surface area contributed by atoms with Crippen LogP contribution in [0.3, 0.4) is 0 Å². The number of anilines is 1. The molecule has 2 aromatic carbocycles. The lowest BCUT2D eigenvalue weighted by molar-refractivity contribution is -0.384. The van der Waals surface area contributed by atoms with E-state index in [-0.39, 0.29) is 12.5 Å². The van der Waals surface area contributed by atoms with Crippen molar-refractivity contribution < 1.29 is 19.2 Å². The molecule has 0 saturated carbocycles. The summed E-state index contributed by atoms with van der Waals surface area (Å²) in [6, 6.07) is 10.7. The number of benzene rings is 2. The number of hydrogen-bond donors (Lipinski definition) is 2. The first-order valence-electron chi connectivity index (χ1n) is 7.59. The lowest BCUT2D eigenvalue weighted by Crippen LogP contribution is -2.43. The molecule has 1 aliphatic rings. The average Bonchev–Trinajstić information content (AvgIpc) is 3.02. The molecule has 0 spiro atoms. The van der Waals surface area contributed by atoms with Crippen molar-refractivity contribution in [3.63, 3.8) is 0 Å². The molecule has 2 amide bonds. The minimum Gasteiger partial charge on any atom is -0.454 e. The van der Waals surface area contributed by atoms with Crippen molar-refractivity contribution in [3.05, 3.63) is 58.1 Å². The lowest BCUT2D eigenvalue weighted by atomic mass is 9.94. The van der Waals surface area contributed by atoms with Crippen LogP contribution in [-0.4, -0.2) is 17.7 Å². The van der Waals surface area contributed by atoms with Gasteiger partial charge in [0, 0.05) is 17.8 Å². The fourth-order valence-corrected chi connectivity index (χ4v) is 2.50. The Bertz CT molecular complexity index is 835. The van der Waals surface area contributed by atoms with Gasteiger partial charge in [0.25, 0.3) is 5.69 Å². The van der Waals surface area contributed by atoms with Gasteiger partial charge in [-0.15, -0.1) is 0 Å². The summed E-state index contributed by atoms with van der Waals surface area (Å²) in [7, 11) is 0. The number of carbonyl (C=O) groups is 1. The molecule has 1 aliphatic heterocycles. The van der Waals surface area contributed by atoms with Gasteiger partial charge in [-0.3, -0.25) is 10.1 Å². The molecule has 0 saturated heterocycles. The van der Waals surface area contributed by atoms with Crippen LogP contribution in [-0.2, 0) is 5.54 Å². The molecule has 25 heavy (non-hydrogen) atoms. The Balaban J connectivity index is 1.71. The molecule has 0 unspecified atom stereocenters. The number of ether oxygens (including phenoxy) is 2. The predicted molar refractivity (Wildman–Crippen MR) is 90.8 cm³/mol. The van der Waals surface area contributed by atoms with Crippen molar-refractivity contribution in [2.24, 2.45) is 0 Å². The number of fused-ring (bicyclic) bond motifs is 1. The molecule has 0 radical (unpaired) electrons. The number of nitrogens with one attached hydrogen (secondary N) is 2. The first-order valence-corrected chi connectivity index (χ1v) is 7.59. The Morgan fingerprint density at radius 2 is 1.92 bits per heavy atom. The molecule has 0 fully saturated rings. The number of urea groups is 1. The van der Waals surface area contributed by atoms with Crippen molar-refractivity contribution in [3.8, 4) is 11.5 Å². The molecule has 2 aromatic rings. The quantitative estimate of drug-likeness (QED) is 0.654. The molecule has 8 nitrogen and oxygen atoms in total. The topological polar surface area (TPSA) is 103 Å². The number of amides is 2. The summed E-state index contributed by atoms with van der Waals surface area (Å²) in [5, 5.41) is 16.3. The standard InChI is InChI=1S/C17H17N3O5/c1-17(2,11-6-7-14-15(8-11)25-10-24-14)19-16(21)18-12-4-3-5-13(9-12)20(22)23/h3-9H,10H2,1-2H3,(H2,18,19,21). The molecule has 1 heterocycles. The smallest absolute Gasteiger partial charge is 0.319 e. The van der Waals surface area contributed by atoms with Crippen LogP contribution >= 0.6 is 0 Å². The van der Waals surface area contributed by atoms with Crippen LogP contribution in [0.15, 0.2) is 42.5 Å². The van der Waals surface area contributed by atoms with Gasteiger partial charge in [0.2, 0.25) is 6.79 Å². The van der Waals surface area contributed by atoms with Gasteiger partial charge in [0.05, 0.1) is 10.5 Å². The highest BCUT2D eigenvalue weighted by atomic mass is 16.7. The molecular weight excluding hydrogens is 326 g/mol. The third kappa shape index (κ3) is 3.63. The largest absolute Gasteiger partial charge is 0.454 e. The number of nitro benzene ring substituents is 1.